The number of rotatable bonds is 6. The topological polar surface area (TPSA) is 41.0 Å². The van der Waals surface area contributed by atoms with Crippen molar-refractivity contribution in [2.75, 3.05) is 29.9 Å². The molecular weight excluding hydrogens is 248 g/mol. The first-order valence-electron chi connectivity index (χ1n) is 7.03. The molecule has 106 valence electrons. The lowest BCUT2D eigenvalue weighted by atomic mass is 10.3. The second-order valence-electron chi connectivity index (χ2n) is 4.92. The van der Waals surface area contributed by atoms with Crippen molar-refractivity contribution in [3.63, 3.8) is 0 Å². The number of nitrogens with zero attached hydrogens (tertiary/aromatic N) is 3. The van der Waals surface area contributed by atoms with Gasteiger partial charge in [0.2, 0.25) is 0 Å². The number of aromatic nitrogens is 2. The second kappa shape index (κ2) is 6.89. The molecule has 1 N–H and O–H groups in total. The van der Waals surface area contributed by atoms with Crippen molar-refractivity contribution in [3.8, 4) is 0 Å². The van der Waals surface area contributed by atoms with E-state index in [2.05, 4.69) is 52.2 Å². The van der Waals surface area contributed by atoms with Gasteiger partial charge in [-0.2, -0.15) is 0 Å². The van der Waals surface area contributed by atoms with Crippen molar-refractivity contribution in [2.45, 2.75) is 20.8 Å². The molecule has 0 aliphatic heterocycles. The Morgan fingerprint density at radius 3 is 2.25 bits per heavy atom. The van der Waals surface area contributed by atoms with Crippen LogP contribution in [-0.2, 0) is 0 Å². The lowest BCUT2D eigenvalue weighted by molar-refractivity contribution is 0.816. The maximum Gasteiger partial charge on any atom is 0.128 e. The lowest BCUT2D eigenvalue weighted by Crippen LogP contribution is -2.29. The molecule has 0 amide bonds. The third-order valence-electron chi connectivity index (χ3n) is 3.20. The summed E-state index contributed by atoms with van der Waals surface area (Å²) in [5.41, 5.74) is 2.36. The highest BCUT2D eigenvalue weighted by Crippen LogP contribution is 2.10. The van der Waals surface area contributed by atoms with Gasteiger partial charge in [-0.25, -0.2) is 9.97 Å². The molecule has 0 bridgehead atoms. The lowest BCUT2D eigenvalue weighted by Gasteiger charge is -2.22. The Morgan fingerprint density at radius 2 is 1.70 bits per heavy atom. The maximum absolute atomic E-state index is 4.47. The summed E-state index contributed by atoms with van der Waals surface area (Å²) in [7, 11) is 0. The summed E-state index contributed by atoms with van der Waals surface area (Å²) in [6, 6.07) is 8.24. The minimum Gasteiger partial charge on any atom is -0.368 e. The van der Waals surface area contributed by atoms with Gasteiger partial charge < -0.3 is 10.2 Å². The summed E-state index contributed by atoms with van der Waals surface area (Å²) in [4.78, 5) is 11.1. The normalized spacial score (nSPS) is 10.3. The highest BCUT2D eigenvalue weighted by atomic mass is 15.2. The van der Waals surface area contributed by atoms with Crippen molar-refractivity contribution < 1.29 is 0 Å². The number of nitrogens with one attached hydrogen (secondary N) is 1. The summed E-state index contributed by atoms with van der Waals surface area (Å²) in [5.74, 6) is 1.94. The molecule has 2 rings (SSSR count). The van der Waals surface area contributed by atoms with Crippen LogP contribution in [0.5, 0.6) is 0 Å². The van der Waals surface area contributed by atoms with Crippen molar-refractivity contribution >= 4 is 11.6 Å². The Labute approximate surface area is 120 Å². The first kappa shape index (κ1) is 14.3. The minimum atomic E-state index is 0.847. The van der Waals surface area contributed by atoms with E-state index in [1.54, 1.807) is 0 Å². The van der Waals surface area contributed by atoms with Crippen LogP contribution in [0.3, 0.4) is 0 Å². The SMILES string of the molecule is CCN(CCNc1ccc(C)cn1)c1ccc(C)cn1. The molecule has 4 heteroatoms. The average Bonchev–Trinajstić information content (AvgIpc) is 2.47. The third-order valence-corrected chi connectivity index (χ3v) is 3.20. The van der Waals surface area contributed by atoms with Crippen LogP contribution in [0, 0.1) is 13.8 Å². The predicted octanol–water partition coefficient (Wildman–Crippen LogP) is 3.03. The maximum atomic E-state index is 4.47. The quantitative estimate of drug-likeness (QED) is 0.876. The Bertz CT molecular complexity index is 519. The molecule has 0 aromatic carbocycles. The minimum absolute atomic E-state index is 0.847. The van der Waals surface area contributed by atoms with E-state index in [-0.39, 0.29) is 0 Å². The van der Waals surface area contributed by atoms with E-state index in [9.17, 15) is 0 Å². The van der Waals surface area contributed by atoms with Crippen molar-refractivity contribution in [1.29, 1.82) is 0 Å². The first-order chi connectivity index (χ1) is 9.69. The predicted molar refractivity (Wildman–Crippen MR) is 84.3 cm³/mol. The van der Waals surface area contributed by atoms with Crippen LogP contribution >= 0.6 is 0 Å². The molecule has 0 aliphatic rings. The summed E-state index contributed by atoms with van der Waals surface area (Å²) < 4.78 is 0. The number of hydrogen-bond donors (Lipinski definition) is 1. The van der Waals surface area contributed by atoms with Gasteiger partial charge in [0.25, 0.3) is 0 Å². The van der Waals surface area contributed by atoms with Gasteiger partial charge in [0.05, 0.1) is 0 Å². The van der Waals surface area contributed by atoms with Gasteiger partial charge in [-0.1, -0.05) is 12.1 Å². The highest BCUT2D eigenvalue weighted by Gasteiger charge is 2.04. The summed E-state index contributed by atoms with van der Waals surface area (Å²) >= 11 is 0. The Balaban J connectivity index is 1.87. The van der Waals surface area contributed by atoms with Gasteiger partial charge in [0.15, 0.2) is 0 Å². The zero-order valence-corrected chi connectivity index (χ0v) is 12.4. The molecule has 0 spiro atoms. The van der Waals surface area contributed by atoms with Crippen LogP contribution in [-0.4, -0.2) is 29.6 Å². The molecule has 0 aliphatic carbocycles. The number of likely N-dealkylation sites (N-methyl/N-ethyl adjacent to an activating group) is 1. The average molecular weight is 270 g/mol. The van der Waals surface area contributed by atoms with Crippen LogP contribution in [0.2, 0.25) is 0 Å². The van der Waals surface area contributed by atoms with E-state index in [4.69, 9.17) is 0 Å². The van der Waals surface area contributed by atoms with E-state index in [1.807, 2.05) is 25.4 Å². The Morgan fingerprint density at radius 1 is 1.00 bits per heavy atom. The Hall–Kier alpha value is -2.10. The standard InChI is InChI=1S/C16H22N4/c1-4-20(16-8-6-14(3)12-19-16)10-9-17-15-7-5-13(2)11-18-15/h5-8,11-12H,4,9-10H2,1-3H3,(H,17,18). The van der Waals surface area contributed by atoms with E-state index >= 15 is 0 Å². The zero-order chi connectivity index (χ0) is 14.4. The molecule has 0 radical (unpaired) electrons. The van der Waals surface area contributed by atoms with Gasteiger partial charge in [-0.3, -0.25) is 0 Å². The van der Waals surface area contributed by atoms with Crippen LogP contribution < -0.4 is 10.2 Å². The van der Waals surface area contributed by atoms with Gasteiger partial charge in [-0.15, -0.1) is 0 Å². The molecule has 20 heavy (non-hydrogen) atoms. The fourth-order valence-corrected chi connectivity index (χ4v) is 1.97. The van der Waals surface area contributed by atoms with E-state index in [1.165, 1.54) is 11.1 Å². The largest absolute Gasteiger partial charge is 0.368 e. The fourth-order valence-electron chi connectivity index (χ4n) is 1.97. The van der Waals surface area contributed by atoms with Crippen LogP contribution in [0.4, 0.5) is 11.6 Å². The van der Waals surface area contributed by atoms with Gasteiger partial charge in [0.1, 0.15) is 11.6 Å². The van der Waals surface area contributed by atoms with Crippen molar-refractivity contribution in [2.24, 2.45) is 0 Å². The van der Waals surface area contributed by atoms with Crippen molar-refractivity contribution in [1.82, 2.24) is 9.97 Å². The molecule has 0 fully saturated rings. The van der Waals surface area contributed by atoms with E-state index < -0.39 is 0 Å². The summed E-state index contributed by atoms with van der Waals surface area (Å²) in [6.45, 7) is 8.93. The van der Waals surface area contributed by atoms with Crippen LogP contribution in [0.25, 0.3) is 0 Å². The molecule has 0 saturated carbocycles. The number of aryl methyl sites for hydroxylation is 2. The fraction of sp³-hybridized carbons (Fsp3) is 0.375. The number of pyridine rings is 2. The number of anilines is 2. The van der Waals surface area contributed by atoms with Gasteiger partial charge >= 0.3 is 0 Å². The molecule has 0 atom stereocenters. The number of hydrogen-bond acceptors (Lipinski definition) is 4. The summed E-state index contributed by atoms with van der Waals surface area (Å²) in [5, 5.41) is 3.34. The van der Waals surface area contributed by atoms with Gasteiger partial charge in [-0.05, 0) is 44.0 Å². The molecule has 2 aromatic rings. The molecule has 2 heterocycles. The highest BCUT2D eigenvalue weighted by molar-refractivity contribution is 5.40. The smallest absolute Gasteiger partial charge is 0.128 e. The first-order valence-corrected chi connectivity index (χ1v) is 7.03. The summed E-state index contributed by atoms with van der Waals surface area (Å²) in [6.07, 6.45) is 3.79. The molecule has 0 saturated heterocycles. The third kappa shape index (κ3) is 3.95. The monoisotopic (exact) mass is 270 g/mol. The molecule has 2 aromatic heterocycles. The van der Waals surface area contributed by atoms with Crippen LogP contribution in [0.15, 0.2) is 36.7 Å². The van der Waals surface area contributed by atoms with Gasteiger partial charge in [0, 0.05) is 32.0 Å². The zero-order valence-electron chi connectivity index (χ0n) is 12.4. The molecule has 4 nitrogen and oxygen atoms in total. The second-order valence-corrected chi connectivity index (χ2v) is 4.92. The molecule has 0 unspecified atom stereocenters. The Kier molecular flexibility index (Phi) is 4.93. The van der Waals surface area contributed by atoms with Crippen molar-refractivity contribution in [3.05, 3.63) is 47.8 Å². The van der Waals surface area contributed by atoms with Crippen LogP contribution in [0.1, 0.15) is 18.1 Å². The van der Waals surface area contributed by atoms with E-state index in [0.29, 0.717) is 0 Å². The molecular formula is C16H22N4. The van der Waals surface area contributed by atoms with E-state index in [0.717, 1.165) is 31.3 Å².